The van der Waals surface area contributed by atoms with E-state index < -0.39 is 11.5 Å². The number of hydrogen-bond donors (Lipinski definition) is 5. The van der Waals surface area contributed by atoms with Crippen LogP contribution in [0.5, 0.6) is 5.75 Å². The number of nitrogens with one attached hydrogen (secondary N) is 2. The number of ether oxygens (including phenoxy) is 1. The number of hydrogen-bond acceptors (Lipinski definition) is 5. The predicted octanol–water partition coefficient (Wildman–Crippen LogP) is 3.47. The van der Waals surface area contributed by atoms with Gasteiger partial charge in [0.1, 0.15) is 18.2 Å². The molecule has 6 N–H and O–H groups in total. The monoisotopic (exact) mass is 463 g/mol. The van der Waals surface area contributed by atoms with Gasteiger partial charge in [-0.25, -0.2) is 4.79 Å². The number of benzene rings is 2. The molecule has 2 aromatic rings. The van der Waals surface area contributed by atoms with Crippen molar-refractivity contribution < 1.29 is 19.7 Å². The van der Waals surface area contributed by atoms with Gasteiger partial charge in [0, 0.05) is 21.3 Å². The second-order valence-electron chi connectivity index (χ2n) is 6.55. The Morgan fingerprint density at radius 1 is 1.28 bits per heavy atom. The van der Waals surface area contributed by atoms with Crippen LogP contribution in [0.15, 0.2) is 40.9 Å². The second kappa shape index (κ2) is 9.76. The van der Waals surface area contributed by atoms with Crippen LogP contribution in [0.25, 0.3) is 0 Å². The average molecular weight is 464 g/mol. The van der Waals surface area contributed by atoms with Gasteiger partial charge < -0.3 is 26.0 Å². The number of aryl methyl sites for hydroxylation is 1. The standard InChI is InChI=1S/C21H26BrN3O4/c1-3-13-11-15(22)12-17(18(13)29-10-9-26)21(4-2,20(27)28)25-16-7-5-14(6-8-16)19(23)24/h5-8,11-12,25-26H,3-4,9-10H2,1-2H3,(H3,23,24)(H,27,28). The second-order valence-corrected chi connectivity index (χ2v) is 7.46. The Morgan fingerprint density at radius 3 is 2.41 bits per heavy atom. The lowest BCUT2D eigenvalue weighted by atomic mass is 9.84. The van der Waals surface area contributed by atoms with Crippen molar-refractivity contribution in [3.8, 4) is 5.75 Å². The number of halogens is 1. The number of carboxylic acids is 1. The number of aliphatic hydroxyl groups is 1. The SMILES string of the molecule is CCc1cc(Br)cc(C(CC)(Nc2ccc(C(=N)N)cc2)C(=O)O)c1OCCO. The van der Waals surface area contributed by atoms with Crippen molar-refractivity contribution in [1.29, 1.82) is 5.41 Å². The molecule has 0 aliphatic carbocycles. The predicted molar refractivity (Wildman–Crippen MR) is 117 cm³/mol. The van der Waals surface area contributed by atoms with Gasteiger partial charge in [-0.15, -0.1) is 0 Å². The van der Waals surface area contributed by atoms with Crippen molar-refractivity contribution in [2.75, 3.05) is 18.5 Å². The molecule has 8 heteroatoms. The van der Waals surface area contributed by atoms with Crippen molar-refractivity contribution in [1.82, 2.24) is 0 Å². The first-order valence-electron chi connectivity index (χ1n) is 9.31. The van der Waals surface area contributed by atoms with Gasteiger partial charge in [0.25, 0.3) is 0 Å². The van der Waals surface area contributed by atoms with E-state index in [9.17, 15) is 15.0 Å². The molecule has 0 aliphatic heterocycles. The van der Waals surface area contributed by atoms with Crippen LogP contribution in [0, 0.1) is 5.41 Å². The van der Waals surface area contributed by atoms with E-state index in [1.165, 1.54) is 0 Å². The van der Waals surface area contributed by atoms with Crippen LogP contribution in [0.4, 0.5) is 5.69 Å². The molecule has 0 heterocycles. The van der Waals surface area contributed by atoms with Gasteiger partial charge in [0.15, 0.2) is 5.54 Å². The number of aliphatic carboxylic acids is 1. The van der Waals surface area contributed by atoms with Crippen molar-refractivity contribution in [2.24, 2.45) is 5.73 Å². The summed E-state index contributed by atoms with van der Waals surface area (Å²) >= 11 is 3.47. The molecule has 0 saturated heterocycles. The van der Waals surface area contributed by atoms with Crippen LogP contribution in [0.2, 0.25) is 0 Å². The summed E-state index contributed by atoms with van der Waals surface area (Å²) in [4.78, 5) is 12.5. The van der Waals surface area contributed by atoms with Crippen molar-refractivity contribution >= 4 is 33.4 Å². The molecule has 0 spiro atoms. The highest BCUT2D eigenvalue weighted by Gasteiger charge is 2.42. The lowest BCUT2D eigenvalue weighted by Gasteiger charge is -2.33. The lowest BCUT2D eigenvalue weighted by molar-refractivity contribution is -0.142. The third-order valence-corrected chi connectivity index (χ3v) is 5.22. The largest absolute Gasteiger partial charge is 0.491 e. The Bertz CT molecular complexity index is 886. The highest BCUT2D eigenvalue weighted by molar-refractivity contribution is 9.10. The van der Waals surface area contributed by atoms with E-state index >= 15 is 0 Å². The Morgan fingerprint density at radius 2 is 1.93 bits per heavy atom. The van der Waals surface area contributed by atoms with Gasteiger partial charge >= 0.3 is 5.97 Å². The summed E-state index contributed by atoms with van der Waals surface area (Å²) < 4.78 is 6.53. The van der Waals surface area contributed by atoms with Crippen LogP contribution in [0.3, 0.4) is 0 Å². The molecule has 0 bridgehead atoms. The minimum Gasteiger partial charge on any atom is -0.491 e. The summed E-state index contributed by atoms with van der Waals surface area (Å²) in [6.45, 7) is 3.63. The smallest absolute Gasteiger partial charge is 0.334 e. The lowest BCUT2D eigenvalue weighted by Crippen LogP contribution is -2.43. The number of carbonyl (C=O) groups is 1. The number of aliphatic hydroxyl groups excluding tert-OH is 1. The van der Waals surface area contributed by atoms with Crippen molar-refractivity contribution in [3.63, 3.8) is 0 Å². The van der Waals surface area contributed by atoms with Crippen molar-refractivity contribution in [3.05, 3.63) is 57.6 Å². The third-order valence-electron chi connectivity index (χ3n) is 4.76. The molecule has 29 heavy (non-hydrogen) atoms. The van der Waals surface area contributed by atoms with Gasteiger partial charge in [-0.2, -0.15) is 0 Å². The molecule has 7 nitrogen and oxygen atoms in total. The number of nitrogen functional groups attached to an aromatic ring is 1. The van der Waals surface area contributed by atoms with Gasteiger partial charge in [-0.05, 0) is 54.8 Å². The summed E-state index contributed by atoms with van der Waals surface area (Å²) in [7, 11) is 0. The topological polar surface area (TPSA) is 129 Å². The van der Waals surface area contributed by atoms with E-state index in [0.717, 1.165) is 10.0 Å². The molecular formula is C21H26BrN3O4. The highest BCUT2D eigenvalue weighted by atomic mass is 79.9. The Balaban J connectivity index is 2.63. The van der Waals surface area contributed by atoms with E-state index in [0.29, 0.717) is 29.0 Å². The highest BCUT2D eigenvalue weighted by Crippen LogP contribution is 2.40. The van der Waals surface area contributed by atoms with E-state index in [-0.39, 0.29) is 25.5 Å². The number of rotatable bonds is 10. The summed E-state index contributed by atoms with van der Waals surface area (Å²) in [6.07, 6.45) is 0.881. The van der Waals surface area contributed by atoms with Gasteiger partial charge in [-0.3, -0.25) is 5.41 Å². The first-order valence-corrected chi connectivity index (χ1v) is 10.1. The van der Waals surface area contributed by atoms with E-state index in [4.69, 9.17) is 15.9 Å². The number of amidine groups is 1. The van der Waals surface area contributed by atoms with Gasteiger partial charge in [0.2, 0.25) is 0 Å². The van der Waals surface area contributed by atoms with E-state index in [2.05, 4.69) is 21.2 Å². The molecule has 156 valence electrons. The maximum Gasteiger partial charge on any atom is 0.334 e. The zero-order valence-electron chi connectivity index (χ0n) is 16.5. The summed E-state index contributed by atoms with van der Waals surface area (Å²) in [5, 5.41) is 30.1. The Labute approximate surface area is 178 Å². The van der Waals surface area contributed by atoms with Crippen LogP contribution in [0.1, 0.15) is 37.0 Å². The molecule has 1 unspecified atom stereocenters. The zero-order chi connectivity index (χ0) is 21.6. The molecule has 0 saturated carbocycles. The molecule has 0 amide bonds. The first-order chi connectivity index (χ1) is 13.8. The number of carboxylic acid groups (broad SMARTS) is 1. The van der Waals surface area contributed by atoms with E-state index in [1.54, 1.807) is 37.3 Å². The molecule has 2 aromatic carbocycles. The fourth-order valence-electron chi connectivity index (χ4n) is 3.19. The fourth-order valence-corrected chi connectivity index (χ4v) is 3.70. The number of anilines is 1. The van der Waals surface area contributed by atoms with Crippen LogP contribution in [-0.4, -0.2) is 35.2 Å². The minimum atomic E-state index is -1.46. The van der Waals surface area contributed by atoms with Crippen LogP contribution >= 0.6 is 15.9 Å². The summed E-state index contributed by atoms with van der Waals surface area (Å²) in [6, 6.07) is 10.3. The molecular weight excluding hydrogens is 438 g/mol. The Kier molecular flexibility index (Phi) is 7.64. The van der Waals surface area contributed by atoms with Gasteiger partial charge in [-0.1, -0.05) is 29.8 Å². The molecule has 0 fully saturated rings. The van der Waals surface area contributed by atoms with Crippen LogP contribution < -0.4 is 15.8 Å². The third kappa shape index (κ3) is 4.89. The molecule has 0 aromatic heterocycles. The van der Waals surface area contributed by atoms with Crippen LogP contribution in [-0.2, 0) is 16.8 Å². The maximum atomic E-state index is 12.5. The normalized spacial score (nSPS) is 12.8. The maximum absolute atomic E-state index is 12.5. The van der Waals surface area contributed by atoms with Crippen molar-refractivity contribution in [2.45, 2.75) is 32.2 Å². The molecule has 0 aliphatic rings. The van der Waals surface area contributed by atoms with Gasteiger partial charge in [0.05, 0.1) is 6.61 Å². The first kappa shape index (κ1) is 22.7. The Hall–Kier alpha value is -2.58. The fraction of sp³-hybridized carbons (Fsp3) is 0.333. The zero-order valence-corrected chi connectivity index (χ0v) is 18.0. The molecule has 1 atom stereocenters. The summed E-state index contributed by atoms with van der Waals surface area (Å²) in [5.74, 6) is -0.651. The van der Waals surface area contributed by atoms with E-state index in [1.807, 2.05) is 13.0 Å². The minimum absolute atomic E-state index is 0.0594. The number of nitrogens with two attached hydrogens (primary N) is 1. The molecule has 0 radical (unpaired) electrons. The summed E-state index contributed by atoms with van der Waals surface area (Å²) in [5.41, 5.74) is 6.48. The average Bonchev–Trinajstić information content (AvgIpc) is 2.70. The molecule has 2 rings (SSSR count). The quantitative estimate of drug-likeness (QED) is 0.271.